The third-order valence-electron chi connectivity index (χ3n) is 2.87. The van der Waals surface area contributed by atoms with Gasteiger partial charge in [-0.25, -0.2) is 0 Å². The van der Waals surface area contributed by atoms with Crippen molar-refractivity contribution in [2.75, 3.05) is 12.4 Å². The molecule has 6 heteroatoms. The number of nitrogens with zero attached hydrogens (tertiary/aromatic N) is 1. The Morgan fingerprint density at radius 3 is 2.10 bits per heavy atom. The summed E-state index contributed by atoms with van der Waals surface area (Å²) in [5, 5.41) is 4.22. The number of nitrogens with one attached hydrogen (secondary N) is 1. The molecule has 0 aliphatic carbocycles. The minimum Gasteiger partial charge on any atom is -0.497 e. The molecule has 3 nitrogen and oxygen atoms in total. The van der Waals surface area contributed by atoms with Crippen molar-refractivity contribution in [2.24, 2.45) is 0 Å². The fourth-order valence-corrected chi connectivity index (χ4v) is 13.6. The van der Waals surface area contributed by atoms with Gasteiger partial charge in [0, 0.05) is 11.8 Å². The molecule has 0 unspecified atom stereocenters. The molecule has 1 rings (SSSR count). The molecule has 0 amide bonds. The summed E-state index contributed by atoms with van der Waals surface area (Å²) in [6.07, 6.45) is 0. The van der Waals surface area contributed by atoms with Gasteiger partial charge in [-0.1, -0.05) is 45.3 Å². The number of benzene rings is 1. The third kappa shape index (κ3) is 4.61. The molecule has 1 aromatic rings. The van der Waals surface area contributed by atoms with Crippen LogP contribution in [0, 0.1) is 0 Å². The molecule has 112 valence electrons. The maximum atomic E-state index is 5.68. The molecule has 20 heavy (non-hydrogen) atoms. The molecule has 0 heterocycles. The average molecular weight is 327 g/mol. The first-order valence-corrected chi connectivity index (χ1v) is 14.1. The summed E-state index contributed by atoms with van der Waals surface area (Å²) in [6, 6.07) is 7.89. The average Bonchev–Trinajstić information content (AvgIpc) is 2.24. The highest BCUT2D eigenvalue weighted by Gasteiger charge is 2.36. The third-order valence-corrected chi connectivity index (χ3v) is 10.6. The van der Waals surface area contributed by atoms with Crippen LogP contribution in [0.15, 0.2) is 24.3 Å². The number of ether oxygens (including phenoxy) is 1. The van der Waals surface area contributed by atoms with Crippen LogP contribution in [0.25, 0.3) is 0 Å². The quantitative estimate of drug-likeness (QED) is 0.656. The van der Waals surface area contributed by atoms with Crippen molar-refractivity contribution in [1.82, 2.24) is 4.23 Å². The van der Waals surface area contributed by atoms with Crippen molar-refractivity contribution < 1.29 is 4.74 Å². The van der Waals surface area contributed by atoms with Crippen LogP contribution in [0.1, 0.15) is 0 Å². The smallest absolute Gasteiger partial charge is 0.157 e. The lowest BCUT2D eigenvalue weighted by Crippen LogP contribution is -2.62. The molecule has 0 aromatic heterocycles. The Labute approximate surface area is 130 Å². The highest BCUT2D eigenvalue weighted by atomic mass is 32.1. The van der Waals surface area contributed by atoms with Crippen molar-refractivity contribution in [2.45, 2.75) is 39.3 Å². The minimum absolute atomic E-state index is 0.838. The lowest BCUT2D eigenvalue weighted by molar-refractivity contribution is 0.415. The summed E-state index contributed by atoms with van der Waals surface area (Å²) in [7, 11) is -1.33. The van der Waals surface area contributed by atoms with Crippen LogP contribution in [0.5, 0.6) is 5.75 Å². The van der Waals surface area contributed by atoms with E-state index in [0.717, 1.165) is 16.5 Å². The molecule has 0 radical (unpaired) electrons. The van der Waals surface area contributed by atoms with Gasteiger partial charge in [-0.3, -0.25) is 0 Å². The van der Waals surface area contributed by atoms with Crippen LogP contribution < -0.4 is 10.1 Å². The van der Waals surface area contributed by atoms with E-state index in [4.69, 9.17) is 17.0 Å². The van der Waals surface area contributed by atoms with Crippen molar-refractivity contribution >= 4 is 39.5 Å². The van der Waals surface area contributed by atoms with E-state index in [1.54, 1.807) is 7.11 Å². The van der Waals surface area contributed by atoms with Crippen LogP contribution in [0.2, 0.25) is 39.3 Å². The Morgan fingerprint density at radius 1 is 1.10 bits per heavy atom. The highest BCUT2D eigenvalue weighted by Crippen LogP contribution is 2.23. The number of hydrogen-bond acceptors (Lipinski definition) is 2. The van der Waals surface area contributed by atoms with E-state index in [-0.39, 0.29) is 0 Å². The zero-order valence-electron chi connectivity index (χ0n) is 13.6. The van der Waals surface area contributed by atoms with Gasteiger partial charge in [0.05, 0.1) is 7.11 Å². The molecule has 0 bridgehead atoms. The van der Waals surface area contributed by atoms with E-state index in [0.29, 0.717) is 0 Å². The van der Waals surface area contributed by atoms with Crippen molar-refractivity contribution in [1.29, 1.82) is 0 Å². The van der Waals surface area contributed by atoms with E-state index >= 15 is 0 Å². The van der Waals surface area contributed by atoms with E-state index in [2.05, 4.69) is 48.8 Å². The summed E-state index contributed by atoms with van der Waals surface area (Å²) in [6.45, 7) is 14.0. The lowest BCUT2D eigenvalue weighted by atomic mass is 10.3. The lowest BCUT2D eigenvalue weighted by Gasteiger charge is -2.45. The molecule has 0 aliphatic rings. The van der Waals surface area contributed by atoms with E-state index in [9.17, 15) is 0 Å². The first-order chi connectivity index (χ1) is 9.05. The number of rotatable bonds is 4. The first kappa shape index (κ1) is 17.2. The van der Waals surface area contributed by atoms with Crippen LogP contribution in [0.4, 0.5) is 5.69 Å². The molecule has 0 saturated heterocycles. The second-order valence-corrected chi connectivity index (χ2v) is 17.3. The molecule has 1 aromatic carbocycles. The monoisotopic (exact) mass is 326 g/mol. The number of methoxy groups -OCH3 is 1. The Kier molecular flexibility index (Phi) is 5.40. The fourth-order valence-electron chi connectivity index (χ4n) is 2.50. The zero-order valence-corrected chi connectivity index (χ0v) is 16.4. The van der Waals surface area contributed by atoms with E-state index < -0.39 is 16.5 Å². The normalized spacial score (nSPS) is 11.9. The molecule has 0 spiro atoms. The zero-order chi connectivity index (χ0) is 15.6. The van der Waals surface area contributed by atoms with Gasteiger partial charge in [0.2, 0.25) is 0 Å². The summed E-state index contributed by atoms with van der Waals surface area (Å²) in [5.74, 6) is 0.838. The SMILES string of the molecule is COc1cccc(NC(=S)N([Si](C)(C)C)[Si](C)(C)C)c1. The number of thiocarbonyl (C=S) groups is 1. The summed E-state index contributed by atoms with van der Waals surface area (Å²) in [5.41, 5.74) is 0.982. The number of anilines is 1. The van der Waals surface area contributed by atoms with Gasteiger partial charge < -0.3 is 14.3 Å². The Bertz CT molecular complexity index is 467. The van der Waals surface area contributed by atoms with Crippen molar-refractivity contribution in [3.63, 3.8) is 0 Å². The topological polar surface area (TPSA) is 24.5 Å². The van der Waals surface area contributed by atoms with Gasteiger partial charge in [0.25, 0.3) is 0 Å². The Hall–Kier alpha value is -0.856. The predicted molar refractivity (Wildman–Crippen MR) is 97.7 cm³/mol. The van der Waals surface area contributed by atoms with Gasteiger partial charge in [-0.15, -0.1) is 0 Å². The Balaban J connectivity index is 2.97. The van der Waals surface area contributed by atoms with Crippen LogP contribution in [-0.4, -0.2) is 32.9 Å². The van der Waals surface area contributed by atoms with Crippen molar-refractivity contribution in [3.8, 4) is 5.75 Å². The van der Waals surface area contributed by atoms with E-state index in [1.807, 2.05) is 24.3 Å². The van der Waals surface area contributed by atoms with Gasteiger partial charge in [0.15, 0.2) is 5.11 Å². The number of hydrogen-bond donors (Lipinski definition) is 1. The van der Waals surface area contributed by atoms with Crippen LogP contribution >= 0.6 is 12.2 Å². The maximum Gasteiger partial charge on any atom is 0.157 e. The molecule has 1 N–H and O–H groups in total. The summed E-state index contributed by atoms with van der Waals surface area (Å²) < 4.78 is 7.75. The predicted octanol–water partition coefficient (Wildman–Crippen LogP) is 4.36. The first-order valence-electron chi connectivity index (χ1n) is 6.81. The second kappa shape index (κ2) is 6.28. The largest absolute Gasteiger partial charge is 0.497 e. The van der Waals surface area contributed by atoms with Crippen LogP contribution in [-0.2, 0) is 0 Å². The van der Waals surface area contributed by atoms with Gasteiger partial charge in [-0.05, 0) is 24.4 Å². The molecular formula is C14H26N2OSSi2. The molecule has 0 saturated carbocycles. The molecule has 0 aliphatic heterocycles. The standard InChI is InChI=1S/C14H26N2OSSi2/c1-17-13-10-8-9-12(11-13)15-14(18)16(19(2,3)4)20(5,6)7/h8-11H,1-7H3,(H,15,18). The highest BCUT2D eigenvalue weighted by molar-refractivity contribution is 7.80. The molecular weight excluding hydrogens is 300 g/mol. The Morgan fingerprint density at radius 2 is 1.65 bits per heavy atom. The van der Waals surface area contributed by atoms with Crippen LogP contribution in [0.3, 0.4) is 0 Å². The van der Waals surface area contributed by atoms with Gasteiger partial charge in [0.1, 0.15) is 22.2 Å². The van der Waals surface area contributed by atoms with Crippen molar-refractivity contribution in [3.05, 3.63) is 24.3 Å². The van der Waals surface area contributed by atoms with Gasteiger partial charge >= 0.3 is 0 Å². The van der Waals surface area contributed by atoms with E-state index in [1.165, 1.54) is 0 Å². The second-order valence-electron chi connectivity index (χ2n) is 6.84. The maximum absolute atomic E-state index is 5.68. The summed E-state index contributed by atoms with van der Waals surface area (Å²) >= 11 is 5.68. The molecule has 0 fully saturated rings. The fraction of sp³-hybridized carbons (Fsp3) is 0.500. The van der Waals surface area contributed by atoms with Gasteiger partial charge in [-0.2, -0.15) is 0 Å². The summed E-state index contributed by atoms with van der Waals surface area (Å²) in [4.78, 5) is 0. The molecule has 0 atom stereocenters. The minimum atomic E-state index is -1.50.